The molecular weight excluding hydrogens is 1310 g/mol. The lowest BCUT2D eigenvalue weighted by atomic mass is 10.0. The van der Waals surface area contributed by atoms with Crippen LogP contribution in [-0.2, 0) is 65.4 Å². The van der Waals surface area contributed by atoms with Gasteiger partial charge < -0.3 is 33.8 Å². The van der Waals surface area contributed by atoms with E-state index in [1.807, 2.05) is 0 Å². The van der Waals surface area contributed by atoms with Crippen molar-refractivity contribution in [2.24, 2.45) is 0 Å². The van der Waals surface area contributed by atoms with Crippen molar-refractivity contribution in [1.82, 2.24) is 0 Å². The van der Waals surface area contributed by atoms with Gasteiger partial charge in [-0.2, -0.15) is 0 Å². The maximum absolute atomic E-state index is 13.1. The molecule has 594 valence electrons. The summed E-state index contributed by atoms with van der Waals surface area (Å²) in [5, 5.41) is 10.6. The van der Waals surface area contributed by atoms with E-state index < -0.39 is 97.5 Å². The van der Waals surface area contributed by atoms with Crippen LogP contribution in [0, 0.1) is 0 Å². The van der Waals surface area contributed by atoms with E-state index >= 15 is 0 Å². The zero-order chi connectivity index (χ0) is 73.2. The van der Waals surface area contributed by atoms with Gasteiger partial charge in [-0.1, -0.05) is 387 Å². The Balaban J connectivity index is 5.21. The highest BCUT2D eigenvalue weighted by Gasteiger charge is 2.30. The number of carbonyl (C=O) groups is 4. The van der Waals surface area contributed by atoms with E-state index in [-0.39, 0.29) is 25.7 Å². The summed E-state index contributed by atoms with van der Waals surface area (Å²) in [5.74, 6) is -2.10. The molecule has 5 atom stereocenters. The van der Waals surface area contributed by atoms with Crippen molar-refractivity contribution in [2.75, 3.05) is 39.6 Å². The third-order valence-corrected chi connectivity index (χ3v) is 21.0. The molecule has 0 aromatic rings. The molecule has 0 spiro atoms. The topological polar surface area (TPSA) is 237 Å². The molecule has 0 aliphatic carbocycles. The first-order valence-electron chi connectivity index (χ1n) is 42.3. The van der Waals surface area contributed by atoms with Crippen LogP contribution in [0.25, 0.3) is 0 Å². The fourth-order valence-electron chi connectivity index (χ4n) is 12.6. The minimum absolute atomic E-state index is 0.108. The van der Waals surface area contributed by atoms with Crippen molar-refractivity contribution in [3.63, 3.8) is 0 Å². The van der Waals surface area contributed by atoms with Gasteiger partial charge >= 0.3 is 39.5 Å². The molecule has 19 heteroatoms. The second kappa shape index (κ2) is 75.3. The van der Waals surface area contributed by atoms with Crippen LogP contribution < -0.4 is 0 Å². The summed E-state index contributed by atoms with van der Waals surface area (Å²) >= 11 is 0. The first-order chi connectivity index (χ1) is 48.7. The standard InChI is InChI=1S/C81H158O17P2/c1-5-9-13-17-21-25-29-32-34-36-37-38-39-40-42-45-48-52-56-60-64-68-81(86)98-77(72-92-79(84)66-62-58-54-50-46-44-41-35-33-30-26-22-18-14-10-6-2)74-96-100(89,90)94-70-75(82)69-93-99(87,88)95-73-76(71-91-78(83)65-61-57-53-49-28-24-20-16-12-8-4)97-80(85)67-63-59-55-51-47-43-31-27-23-19-15-11-7-3/h75-77,82H,5-74H2,1-4H3,(H,87,88)(H,89,90)/t75-,76+,77+/m0/s1. The highest BCUT2D eigenvalue weighted by molar-refractivity contribution is 7.47. The van der Waals surface area contributed by atoms with Crippen molar-refractivity contribution >= 4 is 39.5 Å². The number of rotatable bonds is 82. The number of hydrogen-bond acceptors (Lipinski definition) is 15. The fraction of sp³-hybridized carbons (Fsp3) is 0.951. The summed E-state index contributed by atoms with van der Waals surface area (Å²) in [6, 6.07) is 0. The zero-order valence-corrected chi connectivity index (χ0v) is 67.0. The molecule has 0 aromatic carbocycles. The van der Waals surface area contributed by atoms with Crippen LogP contribution >= 0.6 is 15.6 Å². The van der Waals surface area contributed by atoms with Gasteiger partial charge in [-0.05, 0) is 25.7 Å². The Morgan fingerprint density at radius 3 is 0.590 bits per heavy atom. The van der Waals surface area contributed by atoms with Crippen LogP contribution in [0.1, 0.15) is 439 Å². The Kier molecular flexibility index (Phi) is 73.8. The summed E-state index contributed by atoms with van der Waals surface area (Å²) < 4.78 is 68.7. The lowest BCUT2D eigenvalue weighted by Gasteiger charge is -2.21. The normalized spacial score (nSPS) is 13.8. The van der Waals surface area contributed by atoms with E-state index in [2.05, 4.69) is 27.7 Å². The summed E-state index contributed by atoms with van der Waals surface area (Å²) in [5.41, 5.74) is 0. The maximum atomic E-state index is 13.1. The molecule has 17 nitrogen and oxygen atoms in total. The third-order valence-electron chi connectivity index (χ3n) is 19.1. The number of hydrogen-bond donors (Lipinski definition) is 3. The van der Waals surface area contributed by atoms with Crippen LogP contribution in [0.15, 0.2) is 0 Å². The lowest BCUT2D eigenvalue weighted by Crippen LogP contribution is -2.30. The molecule has 0 saturated heterocycles. The number of phosphoric ester groups is 2. The zero-order valence-electron chi connectivity index (χ0n) is 65.2. The van der Waals surface area contributed by atoms with E-state index in [4.69, 9.17) is 37.0 Å². The quantitative estimate of drug-likeness (QED) is 0.0222. The van der Waals surface area contributed by atoms with Gasteiger partial charge in [0, 0.05) is 25.7 Å². The molecule has 0 aliphatic heterocycles. The highest BCUT2D eigenvalue weighted by atomic mass is 31.2. The second-order valence-electron chi connectivity index (χ2n) is 29.2. The van der Waals surface area contributed by atoms with Crippen molar-refractivity contribution in [3.8, 4) is 0 Å². The Morgan fingerprint density at radius 2 is 0.400 bits per heavy atom. The molecule has 100 heavy (non-hydrogen) atoms. The molecule has 2 unspecified atom stereocenters. The number of esters is 4. The van der Waals surface area contributed by atoms with Crippen LogP contribution in [0.3, 0.4) is 0 Å². The molecule has 0 radical (unpaired) electrons. The molecule has 0 bridgehead atoms. The van der Waals surface area contributed by atoms with Crippen LogP contribution in [-0.4, -0.2) is 96.7 Å². The molecule has 3 N–H and O–H groups in total. The predicted octanol–water partition coefficient (Wildman–Crippen LogP) is 24.6. The molecule has 0 aliphatic rings. The summed E-state index contributed by atoms with van der Waals surface area (Å²) in [6.45, 7) is 5.02. The summed E-state index contributed by atoms with van der Waals surface area (Å²) in [6.07, 6.45) is 68.0. The maximum Gasteiger partial charge on any atom is 0.472 e. The van der Waals surface area contributed by atoms with E-state index in [9.17, 15) is 43.2 Å². The fourth-order valence-corrected chi connectivity index (χ4v) is 14.2. The predicted molar refractivity (Wildman–Crippen MR) is 409 cm³/mol. The van der Waals surface area contributed by atoms with E-state index in [1.54, 1.807) is 0 Å². The Bertz CT molecular complexity index is 1890. The van der Waals surface area contributed by atoms with Crippen LogP contribution in [0.4, 0.5) is 0 Å². The molecular formula is C81H158O17P2. The Hall–Kier alpha value is -1.94. The summed E-state index contributed by atoms with van der Waals surface area (Å²) in [7, 11) is -9.91. The minimum Gasteiger partial charge on any atom is -0.462 e. The lowest BCUT2D eigenvalue weighted by molar-refractivity contribution is -0.161. The largest absolute Gasteiger partial charge is 0.472 e. The van der Waals surface area contributed by atoms with Crippen LogP contribution in [0.2, 0.25) is 0 Å². The third kappa shape index (κ3) is 74.3. The van der Waals surface area contributed by atoms with Gasteiger partial charge in [-0.25, -0.2) is 9.13 Å². The second-order valence-corrected chi connectivity index (χ2v) is 32.1. The number of carbonyl (C=O) groups excluding carboxylic acids is 4. The first kappa shape index (κ1) is 98.1. The SMILES string of the molecule is CCCCCCCCCCCCCCCCCCCCCCCC(=O)O[C@H](COC(=O)CCCCCCCCCCCCCCCCCC)COP(=O)(O)OC[C@@H](O)COP(=O)(O)OC[C@@H](COC(=O)CCCCCCCCCCCC)OC(=O)CCCCCCCCCCCCCCC. The average molecular weight is 1470 g/mol. The number of ether oxygens (including phenoxy) is 4. The first-order valence-corrected chi connectivity index (χ1v) is 45.3. The smallest absolute Gasteiger partial charge is 0.462 e. The van der Waals surface area contributed by atoms with Crippen molar-refractivity contribution in [3.05, 3.63) is 0 Å². The van der Waals surface area contributed by atoms with Crippen molar-refractivity contribution < 1.29 is 80.2 Å². The van der Waals surface area contributed by atoms with Crippen molar-refractivity contribution in [2.45, 2.75) is 457 Å². The summed E-state index contributed by atoms with van der Waals surface area (Å²) in [4.78, 5) is 73.0. The van der Waals surface area contributed by atoms with Gasteiger partial charge in [0.25, 0.3) is 0 Å². The van der Waals surface area contributed by atoms with Gasteiger partial charge in [0.2, 0.25) is 0 Å². The number of phosphoric acid groups is 2. The molecule has 0 aromatic heterocycles. The Labute approximate surface area is 613 Å². The number of aliphatic hydroxyl groups is 1. The monoisotopic (exact) mass is 1470 g/mol. The van der Waals surface area contributed by atoms with Gasteiger partial charge in [0.05, 0.1) is 26.4 Å². The molecule has 0 fully saturated rings. The minimum atomic E-state index is -4.96. The van der Waals surface area contributed by atoms with Gasteiger partial charge in [-0.3, -0.25) is 37.3 Å². The van der Waals surface area contributed by atoms with E-state index in [0.29, 0.717) is 25.7 Å². The van der Waals surface area contributed by atoms with Gasteiger partial charge in [-0.15, -0.1) is 0 Å². The molecule has 0 saturated carbocycles. The highest BCUT2D eigenvalue weighted by Crippen LogP contribution is 2.45. The average Bonchev–Trinajstić information content (AvgIpc) is 0.945. The van der Waals surface area contributed by atoms with Crippen molar-refractivity contribution in [1.29, 1.82) is 0 Å². The van der Waals surface area contributed by atoms with Crippen LogP contribution in [0.5, 0.6) is 0 Å². The Morgan fingerprint density at radius 1 is 0.240 bits per heavy atom. The van der Waals surface area contributed by atoms with Gasteiger partial charge in [0.1, 0.15) is 19.3 Å². The molecule has 0 amide bonds. The number of aliphatic hydroxyl groups excluding tert-OH is 1. The molecule has 0 rings (SSSR count). The van der Waals surface area contributed by atoms with Gasteiger partial charge in [0.15, 0.2) is 12.2 Å². The number of unbranched alkanes of at least 4 members (excludes halogenated alkanes) is 56. The van der Waals surface area contributed by atoms with E-state index in [1.165, 1.54) is 270 Å². The molecule has 0 heterocycles. The van der Waals surface area contributed by atoms with E-state index in [0.717, 1.165) is 89.9 Å².